The molecule has 0 aromatic heterocycles. The summed E-state index contributed by atoms with van der Waals surface area (Å²) in [5.41, 5.74) is 0. The molecule has 0 amide bonds. The van der Waals surface area contributed by atoms with Gasteiger partial charge in [0.15, 0.2) is 0 Å². The van der Waals surface area contributed by atoms with Crippen molar-refractivity contribution >= 4 is 62.0 Å². The Bertz CT molecular complexity index is 62.6. The topological polar surface area (TPSA) is 17.1 Å². The van der Waals surface area contributed by atoms with Gasteiger partial charge in [-0.25, -0.2) is 0 Å². The summed E-state index contributed by atoms with van der Waals surface area (Å²) >= 11 is 8.83. The zero-order valence-corrected chi connectivity index (χ0v) is 7.69. The predicted octanol–water partition coefficient (Wildman–Crippen LogP) is 1.95. The predicted molar refractivity (Wildman–Crippen MR) is 42.7 cm³/mol. The normalized spacial score (nSPS) is 9.33. The minimum Gasteiger partial charge on any atom is -0.279 e. The van der Waals surface area contributed by atoms with Crippen molar-refractivity contribution in [2.24, 2.45) is 0 Å². The molecule has 0 N–H and O–H groups in total. The fraction of sp³-hybridized carbons (Fsp3) is 0.500. The van der Waals surface area contributed by atoms with Crippen molar-refractivity contribution in [2.45, 2.75) is 1.93 Å². The van der Waals surface area contributed by atoms with Crippen LogP contribution in [-0.4, -0.2) is 7.17 Å². The molecule has 0 bridgehead atoms. The fourth-order valence-corrected chi connectivity index (χ4v) is 0. The van der Waals surface area contributed by atoms with E-state index in [2.05, 4.69) is 0 Å². The molecule has 0 aliphatic rings. The Morgan fingerprint density at radius 1 is 1.67 bits per heavy atom. The molecule has 0 radical (unpaired) electrons. The van der Waals surface area contributed by atoms with Crippen molar-refractivity contribution in [1.82, 2.24) is 0 Å². The third kappa shape index (κ3) is 3.60. The maximum atomic E-state index is 9.89. The van der Waals surface area contributed by atoms with E-state index in [9.17, 15) is 4.79 Å². The summed E-state index contributed by atoms with van der Waals surface area (Å²) in [6.45, 7) is 0. The molecule has 0 aliphatic carbocycles. The lowest BCUT2D eigenvalue weighted by Crippen LogP contribution is -1.93. The number of halogens is 3. The number of carbonyl (C=O) groups excluding carboxylic acids is 1. The lowest BCUT2D eigenvalue weighted by atomic mass is 10.9. The van der Waals surface area contributed by atoms with Crippen LogP contribution < -0.4 is 0 Å². The van der Waals surface area contributed by atoms with Gasteiger partial charge in [0.1, 0.15) is 1.93 Å². The van der Waals surface area contributed by atoms with Crippen molar-refractivity contribution in [2.75, 3.05) is 0 Å². The van der Waals surface area contributed by atoms with Crippen molar-refractivity contribution in [3.8, 4) is 0 Å². The summed E-state index contributed by atoms with van der Waals surface area (Å²) in [6.07, 6.45) is 0. The van der Waals surface area contributed by atoms with Crippen molar-refractivity contribution < 1.29 is 4.79 Å². The fourth-order valence-electron chi connectivity index (χ4n) is 0. The maximum absolute atomic E-state index is 9.89. The highest BCUT2D eigenvalue weighted by Crippen LogP contribution is 2.11. The lowest BCUT2D eigenvalue weighted by molar-refractivity contribution is -0.109. The second-order valence-electron chi connectivity index (χ2n) is 0.605. The van der Waals surface area contributed by atoms with Crippen LogP contribution in [0.25, 0.3) is 0 Å². The van der Waals surface area contributed by atoms with Crippen LogP contribution in [0, 0.1) is 0 Å². The molecule has 6 heavy (non-hydrogen) atoms. The van der Waals surface area contributed by atoms with E-state index in [1.165, 1.54) is 0 Å². The zero-order valence-electron chi connectivity index (χ0n) is 2.62. The van der Waals surface area contributed by atoms with E-state index in [1.54, 1.807) is 0 Å². The first-order valence-corrected chi connectivity index (χ1v) is 3.99. The highest BCUT2D eigenvalue weighted by atomic mass is 127. The molecule has 0 saturated heterocycles. The number of rotatable bonds is 1. The molecule has 0 rings (SSSR count). The van der Waals surface area contributed by atoms with Gasteiger partial charge < -0.3 is 0 Å². The molecule has 0 aliphatic heterocycles. The van der Waals surface area contributed by atoms with Gasteiger partial charge in [0.05, 0.1) is 0 Å². The van der Waals surface area contributed by atoms with Crippen molar-refractivity contribution in [1.29, 1.82) is 0 Å². The highest BCUT2D eigenvalue weighted by Gasteiger charge is 2.03. The maximum Gasteiger partial charge on any atom is 0.244 e. The third-order valence-corrected chi connectivity index (χ3v) is 2.26. The van der Waals surface area contributed by atoms with Gasteiger partial charge in [-0.05, 0) is 11.6 Å². The first-order chi connectivity index (χ1) is 2.64. The number of alkyl halides is 2. The molecule has 0 atom stereocenters. The van der Waals surface area contributed by atoms with Crippen LogP contribution >= 0.6 is 56.8 Å². The summed E-state index contributed by atoms with van der Waals surface area (Å²) in [7, 11) is 0. The SMILES string of the molecule is O=C(Cl)C(I)I. The van der Waals surface area contributed by atoms with Gasteiger partial charge >= 0.3 is 0 Å². The van der Waals surface area contributed by atoms with Crippen molar-refractivity contribution in [3.05, 3.63) is 0 Å². The Labute approximate surface area is 68.1 Å². The van der Waals surface area contributed by atoms with E-state index in [-0.39, 0.29) is 7.17 Å². The summed E-state index contributed by atoms with van der Waals surface area (Å²) in [4.78, 5) is 9.89. The van der Waals surface area contributed by atoms with Crippen LogP contribution in [0.4, 0.5) is 0 Å². The minimum atomic E-state index is -0.295. The van der Waals surface area contributed by atoms with E-state index in [1.807, 2.05) is 45.2 Å². The zero-order chi connectivity index (χ0) is 5.15. The Hall–Kier alpha value is 1.42. The van der Waals surface area contributed by atoms with Gasteiger partial charge in [-0.15, -0.1) is 0 Å². The summed E-state index contributed by atoms with van der Waals surface area (Å²) in [5, 5.41) is -0.295. The molecule has 0 unspecified atom stereocenters. The molecule has 0 aromatic carbocycles. The second kappa shape index (κ2) is 3.43. The number of hydrogen-bond acceptors (Lipinski definition) is 1. The van der Waals surface area contributed by atoms with Gasteiger partial charge in [0.25, 0.3) is 0 Å². The van der Waals surface area contributed by atoms with E-state index < -0.39 is 0 Å². The summed E-state index contributed by atoms with van der Waals surface area (Å²) in [6, 6.07) is 0. The van der Waals surface area contributed by atoms with E-state index >= 15 is 0 Å². The molecule has 4 heteroatoms. The van der Waals surface area contributed by atoms with Gasteiger partial charge in [0.2, 0.25) is 5.24 Å². The molecule has 0 fully saturated rings. The van der Waals surface area contributed by atoms with E-state index in [0.29, 0.717) is 0 Å². The summed E-state index contributed by atoms with van der Waals surface area (Å²) < 4.78 is -0.0816. The quantitative estimate of drug-likeness (QED) is 0.408. The third-order valence-electron chi connectivity index (χ3n) is 0.172. The molecular formula is C2HClI2O. The van der Waals surface area contributed by atoms with Gasteiger partial charge in [-0.2, -0.15) is 0 Å². The molecule has 0 heterocycles. The Morgan fingerprint density at radius 3 is 1.83 bits per heavy atom. The van der Waals surface area contributed by atoms with Crippen LogP contribution in [0.1, 0.15) is 0 Å². The minimum absolute atomic E-state index is 0.0816. The van der Waals surface area contributed by atoms with Crippen molar-refractivity contribution in [3.63, 3.8) is 0 Å². The Balaban J connectivity index is 3.26. The number of carbonyl (C=O) groups is 1. The second-order valence-corrected chi connectivity index (χ2v) is 5.85. The average molecular weight is 330 g/mol. The molecule has 0 spiro atoms. The van der Waals surface area contributed by atoms with Crippen LogP contribution in [0.2, 0.25) is 0 Å². The molecule has 0 aromatic rings. The van der Waals surface area contributed by atoms with Crippen LogP contribution in [-0.2, 0) is 4.79 Å². The van der Waals surface area contributed by atoms with E-state index in [4.69, 9.17) is 11.6 Å². The monoisotopic (exact) mass is 330 g/mol. The van der Waals surface area contributed by atoms with Gasteiger partial charge in [-0.1, -0.05) is 45.2 Å². The lowest BCUT2D eigenvalue weighted by Gasteiger charge is -1.83. The molecular weight excluding hydrogens is 329 g/mol. The molecule has 1 nitrogen and oxygen atoms in total. The number of hydrogen-bond donors (Lipinski definition) is 0. The van der Waals surface area contributed by atoms with Crippen LogP contribution in [0.3, 0.4) is 0 Å². The largest absolute Gasteiger partial charge is 0.279 e. The van der Waals surface area contributed by atoms with Crippen LogP contribution in [0.5, 0.6) is 0 Å². The Morgan fingerprint density at radius 2 is 1.83 bits per heavy atom. The molecule has 36 valence electrons. The average Bonchev–Trinajstić information content (AvgIpc) is 1.36. The smallest absolute Gasteiger partial charge is 0.244 e. The standard InChI is InChI=1S/C2HClI2O/c3-1(6)2(4)5/h2H. The first-order valence-electron chi connectivity index (χ1n) is 1.12. The summed E-state index contributed by atoms with van der Waals surface area (Å²) in [5.74, 6) is 0. The molecule has 0 saturated carbocycles. The first kappa shape index (κ1) is 7.42. The van der Waals surface area contributed by atoms with E-state index in [0.717, 1.165) is 0 Å². The van der Waals surface area contributed by atoms with Gasteiger partial charge in [0, 0.05) is 0 Å². The highest BCUT2D eigenvalue weighted by molar-refractivity contribution is 14.2. The Kier molecular flexibility index (Phi) is 4.24. The van der Waals surface area contributed by atoms with Gasteiger partial charge in [-0.3, -0.25) is 4.79 Å². The van der Waals surface area contributed by atoms with Crippen LogP contribution in [0.15, 0.2) is 0 Å².